The Morgan fingerprint density at radius 3 is 1.23 bits per heavy atom. The van der Waals surface area contributed by atoms with Crippen molar-refractivity contribution in [2.24, 2.45) is 9.98 Å². The molecule has 3 nitrogen and oxygen atoms in total. The zero-order chi connectivity index (χ0) is 22.5. The monoisotopic (exact) mass is 463 g/mol. The first kappa shape index (κ1) is 26.4. The second-order valence-corrected chi connectivity index (χ2v) is 6.56. The lowest BCUT2D eigenvalue weighted by molar-refractivity contribution is -0.138. The molecule has 0 heterocycles. The van der Waals surface area contributed by atoms with Crippen LogP contribution in [0.5, 0.6) is 0 Å². The van der Waals surface area contributed by atoms with E-state index in [2.05, 4.69) is 9.98 Å². The molecule has 2 aromatic rings. The molecule has 0 amide bonds. The molecule has 0 aliphatic heterocycles. The van der Waals surface area contributed by atoms with E-state index in [0.29, 0.717) is 22.6 Å². The summed E-state index contributed by atoms with van der Waals surface area (Å²) in [5.41, 5.74) is 0.654. The van der Waals surface area contributed by atoms with Gasteiger partial charge in [0.1, 0.15) is 0 Å². The quantitative estimate of drug-likeness (QED) is 0.376. The highest BCUT2D eigenvalue weighted by molar-refractivity contribution is 6.02. The minimum atomic E-state index is -4.41. The van der Waals surface area contributed by atoms with Crippen molar-refractivity contribution in [2.75, 3.05) is 13.1 Å². The highest BCUT2D eigenvalue weighted by atomic mass is 35.5. The first-order chi connectivity index (χ1) is 13.9. The SMILES string of the molecule is CC(=NCC(=N)CN=C(C)c1ccc(C(F)(F)F)cc1)c1ccc(C(F)(F)F)cc1.Cl. The van der Waals surface area contributed by atoms with Gasteiger partial charge < -0.3 is 5.41 Å². The van der Waals surface area contributed by atoms with E-state index in [1.165, 1.54) is 24.3 Å². The van der Waals surface area contributed by atoms with Gasteiger partial charge in [0.05, 0.1) is 29.9 Å². The van der Waals surface area contributed by atoms with Crippen molar-refractivity contribution >= 4 is 29.5 Å². The maximum Gasteiger partial charge on any atom is 0.416 e. The van der Waals surface area contributed by atoms with Crippen LogP contribution in [0.1, 0.15) is 36.1 Å². The Morgan fingerprint density at radius 1 is 0.677 bits per heavy atom. The van der Waals surface area contributed by atoms with Crippen LogP contribution in [0, 0.1) is 5.41 Å². The molecule has 0 saturated heterocycles. The van der Waals surface area contributed by atoms with Gasteiger partial charge in [0.2, 0.25) is 0 Å². The molecule has 2 rings (SSSR count). The van der Waals surface area contributed by atoms with Gasteiger partial charge in [0, 0.05) is 11.4 Å². The Labute approximate surface area is 181 Å². The second-order valence-electron chi connectivity index (χ2n) is 6.56. The first-order valence-corrected chi connectivity index (χ1v) is 8.81. The van der Waals surface area contributed by atoms with E-state index in [4.69, 9.17) is 5.41 Å². The van der Waals surface area contributed by atoms with E-state index in [1.807, 2.05) is 0 Å². The Kier molecular flexibility index (Phi) is 8.98. The number of alkyl halides is 6. The summed E-state index contributed by atoms with van der Waals surface area (Å²) in [5, 5.41) is 7.92. The average molecular weight is 464 g/mol. The minimum Gasteiger partial charge on any atom is -0.306 e. The van der Waals surface area contributed by atoms with Gasteiger partial charge in [0.15, 0.2) is 0 Å². The number of halogens is 7. The number of aliphatic imine (C=N–C) groups is 2. The van der Waals surface area contributed by atoms with Crippen LogP contribution in [-0.2, 0) is 12.4 Å². The lowest BCUT2D eigenvalue weighted by Gasteiger charge is -2.08. The summed E-state index contributed by atoms with van der Waals surface area (Å²) in [7, 11) is 0. The van der Waals surface area contributed by atoms with Crippen molar-refractivity contribution in [3.63, 3.8) is 0 Å². The molecule has 0 atom stereocenters. The number of benzene rings is 2. The maximum atomic E-state index is 12.6. The van der Waals surface area contributed by atoms with Gasteiger partial charge in [-0.2, -0.15) is 26.3 Å². The first-order valence-electron chi connectivity index (χ1n) is 8.81. The van der Waals surface area contributed by atoms with E-state index < -0.39 is 23.5 Å². The molecule has 0 aliphatic carbocycles. The van der Waals surface area contributed by atoms with E-state index in [1.54, 1.807) is 13.8 Å². The van der Waals surface area contributed by atoms with E-state index in [-0.39, 0.29) is 31.2 Å². The van der Waals surface area contributed by atoms with Crippen LogP contribution >= 0.6 is 12.4 Å². The molecule has 2 aromatic carbocycles. The van der Waals surface area contributed by atoms with Crippen molar-refractivity contribution in [1.82, 2.24) is 0 Å². The summed E-state index contributed by atoms with van der Waals surface area (Å²) in [6.45, 7) is 3.28. The third kappa shape index (κ3) is 7.82. The van der Waals surface area contributed by atoms with E-state index >= 15 is 0 Å². The van der Waals surface area contributed by atoms with Gasteiger partial charge in [-0.25, -0.2) is 0 Å². The fourth-order valence-electron chi connectivity index (χ4n) is 2.46. The smallest absolute Gasteiger partial charge is 0.306 e. The highest BCUT2D eigenvalue weighted by Crippen LogP contribution is 2.30. The number of rotatable bonds is 6. The number of hydrogen-bond donors (Lipinski definition) is 1. The summed E-state index contributed by atoms with van der Waals surface area (Å²) in [6, 6.07) is 9.15. The molecular weight excluding hydrogens is 444 g/mol. The Morgan fingerprint density at radius 2 is 0.968 bits per heavy atom. The molecule has 0 radical (unpaired) electrons. The standard InChI is InChI=1S/C21H19F6N3.ClH/c1-13(15-3-7-17(8-4-15)20(22,23)24)29-11-19(28)12-30-14(2)16-5-9-18(10-6-16)21(25,26)27;/h3-10,28H,11-12H2,1-2H3;1H. The fourth-order valence-corrected chi connectivity index (χ4v) is 2.46. The summed E-state index contributed by atoms with van der Waals surface area (Å²) in [6.07, 6.45) is -8.82. The largest absolute Gasteiger partial charge is 0.416 e. The fraction of sp³-hybridized carbons (Fsp3) is 0.286. The summed E-state index contributed by atoms with van der Waals surface area (Å²) in [5.74, 6) is 0. The number of nitrogens with one attached hydrogen (secondary N) is 1. The number of nitrogens with zero attached hydrogens (tertiary/aromatic N) is 2. The summed E-state index contributed by atoms with van der Waals surface area (Å²) < 4.78 is 75.6. The van der Waals surface area contributed by atoms with Crippen molar-refractivity contribution in [3.05, 3.63) is 70.8 Å². The van der Waals surface area contributed by atoms with Gasteiger partial charge in [-0.1, -0.05) is 24.3 Å². The third-order valence-corrected chi connectivity index (χ3v) is 4.27. The van der Waals surface area contributed by atoms with Crippen molar-refractivity contribution in [1.29, 1.82) is 5.41 Å². The Bertz CT molecular complexity index is 866. The summed E-state index contributed by atoms with van der Waals surface area (Å²) in [4.78, 5) is 8.38. The van der Waals surface area contributed by atoms with Crippen molar-refractivity contribution in [2.45, 2.75) is 26.2 Å². The highest BCUT2D eigenvalue weighted by Gasteiger charge is 2.30. The molecule has 0 saturated carbocycles. The maximum absolute atomic E-state index is 12.6. The van der Waals surface area contributed by atoms with Crippen LogP contribution in [0.3, 0.4) is 0 Å². The molecule has 31 heavy (non-hydrogen) atoms. The lowest BCUT2D eigenvalue weighted by Crippen LogP contribution is -2.10. The topological polar surface area (TPSA) is 48.6 Å². The van der Waals surface area contributed by atoms with Crippen molar-refractivity contribution in [3.8, 4) is 0 Å². The van der Waals surface area contributed by atoms with Gasteiger partial charge in [0.25, 0.3) is 0 Å². The van der Waals surface area contributed by atoms with Crippen LogP contribution in [0.15, 0.2) is 58.5 Å². The Balaban J connectivity index is 0.00000480. The third-order valence-electron chi connectivity index (χ3n) is 4.27. The predicted octanol–water partition coefficient (Wildman–Crippen LogP) is 6.48. The van der Waals surface area contributed by atoms with E-state index in [0.717, 1.165) is 24.3 Å². The minimum absolute atomic E-state index is 0. The predicted molar refractivity (Wildman–Crippen MR) is 112 cm³/mol. The molecule has 0 aromatic heterocycles. The number of hydrogen-bond acceptors (Lipinski definition) is 3. The molecule has 0 aliphatic rings. The van der Waals surface area contributed by atoms with Crippen LogP contribution in [0.4, 0.5) is 26.3 Å². The lowest BCUT2D eigenvalue weighted by atomic mass is 10.1. The van der Waals surface area contributed by atoms with Crippen LogP contribution in [-0.4, -0.2) is 30.2 Å². The second kappa shape index (κ2) is 10.6. The normalized spacial score (nSPS) is 13.0. The molecule has 0 fully saturated rings. The van der Waals surface area contributed by atoms with Crippen LogP contribution in [0.25, 0.3) is 0 Å². The van der Waals surface area contributed by atoms with Gasteiger partial charge in [-0.05, 0) is 49.2 Å². The molecular formula is C21H20ClF6N3. The molecule has 168 valence electrons. The molecule has 0 bridgehead atoms. The Hall–Kier alpha value is -2.68. The zero-order valence-electron chi connectivity index (χ0n) is 16.6. The summed E-state index contributed by atoms with van der Waals surface area (Å²) >= 11 is 0. The van der Waals surface area contributed by atoms with Crippen molar-refractivity contribution < 1.29 is 26.3 Å². The van der Waals surface area contributed by atoms with Gasteiger partial charge >= 0.3 is 12.4 Å². The molecule has 0 unspecified atom stereocenters. The van der Waals surface area contributed by atoms with Gasteiger partial charge in [-0.3, -0.25) is 9.98 Å². The van der Waals surface area contributed by atoms with Crippen LogP contribution in [0.2, 0.25) is 0 Å². The van der Waals surface area contributed by atoms with E-state index in [9.17, 15) is 26.3 Å². The average Bonchev–Trinajstić information content (AvgIpc) is 2.69. The van der Waals surface area contributed by atoms with Gasteiger partial charge in [-0.15, -0.1) is 12.4 Å². The van der Waals surface area contributed by atoms with Crippen LogP contribution < -0.4 is 0 Å². The zero-order valence-corrected chi connectivity index (χ0v) is 17.4. The molecule has 0 spiro atoms. The molecule has 10 heteroatoms. The molecule has 1 N–H and O–H groups in total.